The summed E-state index contributed by atoms with van der Waals surface area (Å²) in [6.07, 6.45) is 0.925. The van der Waals surface area contributed by atoms with E-state index in [1.54, 1.807) is 23.1 Å². The fourth-order valence-corrected chi connectivity index (χ4v) is 5.45. The third-order valence-electron chi connectivity index (χ3n) is 4.77. The van der Waals surface area contributed by atoms with Gasteiger partial charge in [-0.25, -0.2) is 4.98 Å². The summed E-state index contributed by atoms with van der Waals surface area (Å²) in [6.45, 7) is 7.09. The second-order valence-electron chi connectivity index (χ2n) is 7.45. The maximum Gasteiger partial charge on any atom is 0.258 e. The summed E-state index contributed by atoms with van der Waals surface area (Å²) in [5, 5.41) is 4.15. The molecule has 2 heterocycles. The number of aromatic nitrogens is 1. The average molecular weight is 424 g/mol. The zero-order valence-corrected chi connectivity index (χ0v) is 18.4. The molecule has 6 heteroatoms. The number of rotatable bonds is 6. The molecule has 0 aliphatic carbocycles. The normalized spacial score (nSPS) is 14.0. The molecule has 3 aromatic rings. The molecule has 0 unspecified atom stereocenters. The molecule has 29 heavy (non-hydrogen) atoms. The van der Waals surface area contributed by atoms with Crippen LogP contribution in [0.1, 0.15) is 40.3 Å². The molecule has 1 aliphatic heterocycles. The van der Waals surface area contributed by atoms with E-state index in [-0.39, 0.29) is 5.91 Å². The highest BCUT2D eigenvalue weighted by molar-refractivity contribution is 8.00. The van der Waals surface area contributed by atoms with Crippen molar-refractivity contribution in [3.8, 4) is 0 Å². The molecule has 0 radical (unpaired) electrons. The number of hydrogen-bond acceptors (Lipinski definition) is 5. The zero-order valence-electron chi connectivity index (χ0n) is 16.7. The second kappa shape index (κ2) is 9.11. The highest BCUT2D eigenvalue weighted by atomic mass is 32.2. The predicted molar refractivity (Wildman–Crippen MR) is 122 cm³/mol. The molecule has 0 fully saturated rings. The Kier molecular flexibility index (Phi) is 6.33. The standard InChI is InChI=1S/C23H25N3OS2/c1-16(2)28-20-11-7-6-10-18(20)22(27)25-23-24-19-12-13-26(15-21(19)29-23)14-17-8-4-3-5-9-17/h3-11,16H,12-15H2,1-2H3,(H,24,25,27). The minimum absolute atomic E-state index is 0.0824. The number of amides is 1. The fraction of sp³-hybridized carbons (Fsp3) is 0.304. The molecular formula is C23H25N3OS2. The Morgan fingerprint density at radius 2 is 1.93 bits per heavy atom. The van der Waals surface area contributed by atoms with Crippen molar-refractivity contribution in [2.45, 2.75) is 43.5 Å². The van der Waals surface area contributed by atoms with E-state index in [1.165, 1.54) is 10.4 Å². The van der Waals surface area contributed by atoms with Crippen LogP contribution in [0.5, 0.6) is 0 Å². The highest BCUT2D eigenvalue weighted by Crippen LogP contribution is 2.31. The van der Waals surface area contributed by atoms with E-state index in [9.17, 15) is 4.79 Å². The van der Waals surface area contributed by atoms with Gasteiger partial charge in [-0.3, -0.25) is 15.0 Å². The molecule has 0 bridgehead atoms. The van der Waals surface area contributed by atoms with Crippen molar-refractivity contribution < 1.29 is 4.79 Å². The molecule has 150 valence electrons. The Labute approximate surface area is 180 Å². The Hall–Kier alpha value is -2.15. The number of thioether (sulfide) groups is 1. The summed E-state index contributed by atoms with van der Waals surface area (Å²) >= 11 is 3.31. The monoisotopic (exact) mass is 423 g/mol. The lowest BCUT2D eigenvalue weighted by atomic mass is 10.1. The topological polar surface area (TPSA) is 45.2 Å². The van der Waals surface area contributed by atoms with Crippen LogP contribution in [0.2, 0.25) is 0 Å². The Balaban J connectivity index is 1.44. The molecule has 1 aliphatic rings. The second-order valence-corrected chi connectivity index (χ2v) is 10.2. The van der Waals surface area contributed by atoms with E-state index in [2.05, 4.69) is 48.3 Å². The molecular weight excluding hydrogens is 398 g/mol. The van der Waals surface area contributed by atoms with E-state index in [1.807, 2.05) is 30.3 Å². The number of carbonyl (C=O) groups excluding carboxylic acids is 1. The van der Waals surface area contributed by atoms with Gasteiger partial charge in [0.2, 0.25) is 0 Å². The van der Waals surface area contributed by atoms with Crippen LogP contribution in [0.15, 0.2) is 59.5 Å². The van der Waals surface area contributed by atoms with Crippen LogP contribution < -0.4 is 5.32 Å². The largest absolute Gasteiger partial charge is 0.298 e. The molecule has 1 N–H and O–H groups in total. The van der Waals surface area contributed by atoms with Crippen molar-refractivity contribution in [2.24, 2.45) is 0 Å². The molecule has 4 nitrogen and oxygen atoms in total. The van der Waals surface area contributed by atoms with E-state index >= 15 is 0 Å². The maximum atomic E-state index is 12.9. The number of nitrogens with zero attached hydrogens (tertiary/aromatic N) is 2. The van der Waals surface area contributed by atoms with Crippen molar-refractivity contribution in [3.63, 3.8) is 0 Å². The fourth-order valence-electron chi connectivity index (χ4n) is 3.45. The zero-order chi connectivity index (χ0) is 20.2. The van der Waals surface area contributed by atoms with Crippen LogP contribution in [0.25, 0.3) is 0 Å². The first-order valence-corrected chi connectivity index (χ1v) is 11.6. The number of nitrogens with one attached hydrogen (secondary N) is 1. The molecule has 0 spiro atoms. The van der Waals surface area contributed by atoms with Crippen molar-refractivity contribution in [2.75, 3.05) is 11.9 Å². The van der Waals surface area contributed by atoms with Crippen LogP contribution in [-0.2, 0) is 19.5 Å². The van der Waals surface area contributed by atoms with Gasteiger partial charge in [-0.2, -0.15) is 0 Å². The van der Waals surface area contributed by atoms with E-state index in [0.717, 1.165) is 36.6 Å². The lowest BCUT2D eigenvalue weighted by Gasteiger charge is -2.25. The first-order chi connectivity index (χ1) is 14.1. The number of benzene rings is 2. The third-order valence-corrected chi connectivity index (χ3v) is 6.85. The molecule has 0 saturated carbocycles. The van der Waals surface area contributed by atoms with Crippen LogP contribution in [0, 0.1) is 0 Å². The molecule has 1 amide bonds. The minimum atomic E-state index is -0.0824. The van der Waals surface area contributed by atoms with Gasteiger partial charge in [0.25, 0.3) is 5.91 Å². The lowest BCUT2D eigenvalue weighted by molar-refractivity contribution is 0.102. The lowest BCUT2D eigenvalue weighted by Crippen LogP contribution is -2.29. The van der Waals surface area contributed by atoms with Gasteiger partial charge in [0.15, 0.2) is 5.13 Å². The van der Waals surface area contributed by atoms with E-state index < -0.39 is 0 Å². The van der Waals surface area contributed by atoms with Gasteiger partial charge in [0.1, 0.15) is 0 Å². The average Bonchev–Trinajstić information content (AvgIpc) is 3.10. The van der Waals surface area contributed by atoms with Gasteiger partial charge >= 0.3 is 0 Å². The number of hydrogen-bond donors (Lipinski definition) is 1. The van der Waals surface area contributed by atoms with Gasteiger partial charge in [0.05, 0.1) is 11.3 Å². The minimum Gasteiger partial charge on any atom is -0.298 e. The third kappa shape index (κ3) is 5.07. The first kappa shape index (κ1) is 20.1. The van der Waals surface area contributed by atoms with E-state index in [0.29, 0.717) is 15.9 Å². The van der Waals surface area contributed by atoms with Gasteiger partial charge in [-0.1, -0.05) is 56.3 Å². The predicted octanol–water partition coefficient (Wildman–Crippen LogP) is 5.45. The molecule has 0 saturated heterocycles. The molecule has 2 aromatic carbocycles. The molecule has 4 rings (SSSR count). The van der Waals surface area contributed by atoms with Crippen molar-refractivity contribution >= 4 is 34.1 Å². The van der Waals surface area contributed by atoms with Gasteiger partial charge < -0.3 is 0 Å². The summed E-state index contributed by atoms with van der Waals surface area (Å²) < 4.78 is 0. The Bertz CT molecular complexity index is 985. The van der Waals surface area contributed by atoms with Crippen LogP contribution in [0.4, 0.5) is 5.13 Å². The number of fused-ring (bicyclic) bond motifs is 1. The Morgan fingerprint density at radius 3 is 2.72 bits per heavy atom. The summed E-state index contributed by atoms with van der Waals surface area (Å²) in [6, 6.07) is 18.3. The number of thiazole rings is 1. The number of carbonyl (C=O) groups is 1. The smallest absolute Gasteiger partial charge is 0.258 e. The molecule has 1 aromatic heterocycles. The van der Waals surface area contributed by atoms with Crippen LogP contribution in [-0.4, -0.2) is 27.6 Å². The SMILES string of the molecule is CC(C)Sc1ccccc1C(=O)Nc1nc2c(s1)CN(Cc1ccccc1)CC2. The summed E-state index contributed by atoms with van der Waals surface area (Å²) in [4.78, 5) is 22.3. The molecule has 0 atom stereocenters. The summed E-state index contributed by atoms with van der Waals surface area (Å²) in [5.41, 5.74) is 3.16. The summed E-state index contributed by atoms with van der Waals surface area (Å²) in [5.74, 6) is -0.0824. The van der Waals surface area contributed by atoms with Crippen LogP contribution >= 0.6 is 23.1 Å². The van der Waals surface area contributed by atoms with E-state index in [4.69, 9.17) is 4.98 Å². The first-order valence-electron chi connectivity index (χ1n) is 9.90. The Morgan fingerprint density at radius 1 is 1.17 bits per heavy atom. The number of anilines is 1. The maximum absolute atomic E-state index is 12.9. The van der Waals surface area contributed by atoms with Crippen molar-refractivity contribution in [1.29, 1.82) is 0 Å². The highest BCUT2D eigenvalue weighted by Gasteiger charge is 2.22. The van der Waals surface area contributed by atoms with Crippen LogP contribution in [0.3, 0.4) is 0 Å². The van der Waals surface area contributed by atoms with Crippen molar-refractivity contribution in [3.05, 3.63) is 76.3 Å². The van der Waals surface area contributed by atoms with Gasteiger partial charge in [-0.15, -0.1) is 23.1 Å². The quantitative estimate of drug-likeness (QED) is 0.535. The van der Waals surface area contributed by atoms with Gasteiger partial charge in [-0.05, 0) is 17.7 Å². The van der Waals surface area contributed by atoms with Crippen molar-refractivity contribution in [1.82, 2.24) is 9.88 Å². The van der Waals surface area contributed by atoms with Gasteiger partial charge in [0, 0.05) is 41.1 Å². The summed E-state index contributed by atoms with van der Waals surface area (Å²) in [7, 11) is 0.